The maximum atomic E-state index is 11.1. The lowest BCUT2D eigenvalue weighted by Gasteiger charge is -1.94. The van der Waals surface area contributed by atoms with Gasteiger partial charge in [-0.1, -0.05) is 0 Å². The van der Waals surface area contributed by atoms with Crippen LogP contribution in [-0.2, 0) is 16.0 Å². The normalized spacial score (nSPS) is 10.2. The van der Waals surface area contributed by atoms with Crippen LogP contribution in [0.5, 0.6) is 0 Å². The molecule has 0 spiro atoms. The summed E-state index contributed by atoms with van der Waals surface area (Å²) in [5.74, 6) is -0.215. The van der Waals surface area contributed by atoms with Crippen molar-refractivity contribution < 1.29 is 9.53 Å². The number of anilines is 1. The average molecular weight is 268 g/mol. The molecule has 0 unspecified atom stereocenters. The van der Waals surface area contributed by atoms with Gasteiger partial charge in [0.15, 0.2) is 5.13 Å². The quantitative estimate of drug-likeness (QED) is 0.866. The zero-order chi connectivity index (χ0) is 12.3. The molecule has 0 radical (unpaired) electrons. The van der Waals surface area contributed by atoms with Crippen LogP contribution in [0.1, 0.15) is 4.88 Å². The van der Waals surface area contributed by atoms with E-state index in [1.165, 1.54) is 7.11 Å². The third kappa shape index (κ3) is 2.83. The molecule has 0 saturated heterocycles. The first kappa shape index (κ1) is 12.1. The van der Waals surface area contributed by atoms with Gasteiger partial charge in [-0.15, -0.1) is 22.7 Å². The highest BCUT2D eigenvalue weighted by atomic mass is 32.1. The summed E-state index contributed by atoms with van der Waals surface area (Å²) < 4.78 is 4.63. The average Bonchev–Trinajstić information content (AvgIpc) is 2.96. The summed E-state index contributed by atoms with van der Waals surface area (Å²) in [6, 6.07) is 3.92. The van der Waals surface area contributed by atoms with Crippen LogP contribution < -0.4 is 5.32 Å². The van der Waals surface area contributed by atoms with E-state index < -0.39 is 0 Å². The fourth-order valence-corrected chi connectivity index (χ4v) is 3.03. The molecule has 4 nitrogen and oxygen atoms in total. The summed E-state index contributed by atoms with van der Waals surface area (Å²) >= 11 is 3.13. The van der Waals surface area contributed by atoms with Crippen LogP contribution in [0.4, 0.5) is 5.13 Å². The standard InChI is InChI=1S/C11H12N2O2S2/c1-12-11-13-8(6-16-11)9-4-3-7(17-9)5-10(14)15-2/h3-4,6H,5H2,1-2H3,(H,12,13). The predicted octanol–water partition coefficient (Wildman–Crippen LogP) is 2.63. The first-order chi connectivity index (χ1) is 8.22. The van der Waals surface area contributed by atoms with Gasteiger partial charge in [0.2, 0.25) is 0 Å². The third-order valence-electron chi connectivity index (χ3n) is 2.18. The van der Waals surface area contributed by atoms with Crippen molar-refractivity contribution in [3.05, 3.63) is 22.4 Å². The molecule has 17 heavy (non-hydrogen) atoms. The van der Waals surface area contributed by atoms with Crippen molar-refractivity contribution in [3.63, 3.8) is 0 Å². The molecular weight excluding hydrogens is 256 g/mol. The van der Waals surface area contributed by atoms with Gasteiger partial charge in [-0.2, -0.15) is 0 Å². The summed E-state index contributed by atoms with van der Waals surface area (Å²) in [6.07, 6.45) is 0.324. The van der Waals surface area contributed by atoms with Crippen molar-refractivity contribution >= 4 is 33.8 Å². The van der Waals surface area contributed by atoms with Gasteiger partial charge in [-0.3, -0.25) is 4.79 Å². The minimum absolute atomic E-state index is 0.215. The van der Waals surface area contributed by atoms with E-state index in [1.54, 1.807) is 22.7 Å². The van der Waals surface area contributed by atoms with Gasteiger partial charge in [-0.05, 0) is 12.1 Å². The molecule has 2 heterocycles. The highest BCUT2D eigenvalue weighted by Crippen LogP contribution is 2.30. The molecule has 2 rings (SSSR count). The lowest BCUT2D eigenvalue weighted by atomic mass is 10.3. The van der Waals surface area contributed by atoms with Crippen molar-refractivity contribution in [2.75, 3.05) is 19.5 Å². The number of aromatic nitrogens is 1. The predicted molar refractivity (Wildman–Crippen MR) is 70.7 cm³/mol. The Morgan fingerprint density at radius 3 is 3.00 bits per heavy atom. The van der Waals surface area contributed by atoms with Gasteiger partial charge in [-0.25, -0.2) is 4.98 Å². The summed E-state index contributed by atoms with van der Waals surface area (Å²) in [5, 5.41) is 5.89. The second-order valence-electron chi connectivity index (χ2n) is 3.31. The van der Waals surface area contributed by atoms with Gasteiger partial charge in [0.05, 0.1) is 24.1 Å². The van der Waals surface area contributed by atoms with E-state index in [0.29, 0.717) is 6.42 Å². The van der Waals surface area contributed by atoms with E-state index in [-0.39, 0.29) is 5.97 Å². The zero-order valence-corrected chi connectivity index (χ0v) is 11.2. The molecule has 0 bridgehead atoms. The van der Waals surface area contributed by atoms with E-state index in [4.69, 9.17) is 0 Å². The number of rotatable bonds is 4. The Kier molecular flexibility index (Phi) is 3.75. The maximum absolute atomic E-state index is 11.1. The number of methoxy groups -OCH3 is 1. The largest absolute Gasteiger partial charge is 0.469 e. The smallest absolute Gasteiger partial charge is 0.310 e. The van der Waals surface area contributed by atoms with Crippen LogP contribution in [0.25, 0.3) is 10.6 Å². The Hall–Kier alpha value is -1.40. The molecule has 1 N–H and O–H groups in total. The summed E-state index contributed by atoms with van der Waals surface area (Å²) in [5.41, 5.74) is 0.945. The van der Waals surface area contributed by atoms with Gasteiger partial charge in [0.1, 0.15) is 0 Å². The van der Waals surface area contributed by atoms with Gasteiger partial charge >= 0.3 is 5.97 Å². The molecular formula is C11H12N2O2S2. The number of ether oxygens (including phenoxy) is 1. The number of carbonyl (C=O) groups is 1. The van der Waals surface area contributed by atoms with Crippen LogP contribution in [0.15, 0.2) is 17.5 Å². The van der Waals surface area contributed by atoms with E-state index in [2.05, 4.69) is 15.0 Å². The lowest BCUT2D eigenvalue weighted by Crippen LogP contribution is -2.02. The molecule has 2 aromatic heterocycles. The molecule has 0 aliphatic carbocycles. The summed E-state index contributed by atoms with van der Waals surface area (Å²) in [7, 11) is 3.25. The molecule has 0 atom stereocenters. The van der Waals surface area contributed by atoms with Crippen LogP contribution in [0.2, 0.25) is 0 Å². The number of nitrogens with one attached hydrogen (secondary N) is 1. The summed E-state index contributed by atoms with van der Waals surface area (Å²) in [6.45, 7) is 0. The molecule has 90 valence electrons. The molecule has 0 aliphatic rings. The van der Waals surface area contributed by atoms with Gasteiger partial charge in [0.25, 0.3) is 0 Å². The van der Waals surface area contributed by atoms with Crippen LogP contribution in [0.3, 0.4) is 0 Å². The zero-order valence-electron chi connectivity index (χ0n) is 9.52. The fourth-order valence-electron chi connectivity index (χ4n) is 1.33. The van der Waals surface area contributed by atoms with Crippen molar-refractivity contribution in [1.82, 2.24) is 4.98 Å². The molecule has 6 heteroatoms. The van der Waals surface area contributed by atoms with Crippen LogP contribution >= 0.6 is 22.7 Å². The monoisotopic (exact) mass is 268 g/mol. The molecule has 0 fully saturated rings. The van der Waals surface area contributed by atoms with Crippen molar-refractivity contribution in [3.8, 4) is 10.6 Å². The first-order valence-corrected chi connectivity index (χ1v) is 6.71. The minimum Gasteiger partial charge on any atom is -0.469 e. The Labute approximate surface area is 107 Å². The molecule has 0 aliphatic heterocycles. The summed E-state index contributed by atoms with van der Waals surface area (Å²) in [4.78, 5) is 17.6. The third-order valence-corrected chi connectivity index (χ3v) is 4.15. The number of hydrogen-bond acceptors (Lipinski definition) is 6. The van der Waals surface area contributed by atoms with Crippen molar-refractivity contribution in [2.45, 2.75) is 6.42 Å². The number of nitrogens with zero attached hydrogens (tertiary/aromatic N) is 1. The van der Waals surface area contributed by atoms with Crippen molar-refractivity contribution in [2.24, 2.45) is 0 Å². The molecule has 0 amide bonds. The van der Waals surface area contributed by atoms with Gasteiger partial charge in [0, 0.05) is 17.3 Å². The highest BCUT2D eigenvalue weighted by Gasteiger charge is 2.09. The number of thiophene rings is 1. The lowest BCUT2D eigenvalue weighted by molar-refractivity contribution is -0.139. The van der Waals surface area contributed by atoms with Gasteiger partial charge < -0.3 is 10.1 Å². The Morgan fingerprint density at radius 2 is 2.35 bits per heavy atom. The Balaban J connectivity index is 2.14. The van der Waals surface area contributed by atoms with E-state index in [1.807, 2.05) is 24.6 Å². The maximum Gasteiger partial charge on any atom is 0.310 e. The fraction of sp³-hybridized carbons (Fsp3) is 0.273. The number of carbonyl (C=O) groups excluding carboxylic acids is 1. The number of esters is 1. The second kappa shape index (κ2) is 5.29. The molecule has 0 saturated carbocycles. The Morgan fingerprint density at radius 1 is 1.53 bits per heavy atom. The van der Waals surface area contributed by atoms with E-state index >= 15 is 0 Å². The van der Waals surface area contributed by atoms with E-state index in [0.717, 1.165) is 20.6 Å². The van der Waals surface area contributed by atoms with Crippen LogP contribution in [-0.4, -0.2) is 25.1 Å². The number of thiazole rings is 1. The number of hydrogen-bond donors (Lipinski definition) is 1. The molecule has 2 aromatic rings. The SMILES string of the molecule is CNc1nc(-c2ccc(CC(=O)OC)s2)cs1. The second-order valence-corrected chi connectivity index (χ2v) is 5.33. The van der Waals surface area contributed by atoms with Crippen LogP contribution in [0, 0.1) is 0 Å². The molecule has 0 aromatic carbocycles. The highest BCUT2D eigenvalue weighted by molar-refractivity contribution is 7.17. The van der Waals surface area contributed by atoms with E-state index in [9.17, 15) is 4.79 Å². The topological polar surface area (TPSA) is 51.2 Å². The van der Waals surface area contributed by atoms with Crippen molar-refractivity contribution in [1.29, 1.82) is 0 Å². The first-order valence-electron chi connectivity index (χ1n) is 5.02. The Bertz CT molecular complexity index is 519. The minimum atomic E-state index is -0.215.